The molecule has 0 spiro atoms. The van der Waals surface area contributed by atoms with Gasteiger partial charge >= 0.3 is 0 Å². The van der Waals surface area contributed by atoms with Crippen LogP contribution in [0.2, 0.25) is 0 Å². The Morgan fingerprint density at radius 2 is 1.89 bits per heavy atom. The summed E-state index contributed by atoms with van der Waals surface area (Å²) in [5.74, 6) is 2.90. The van der Waals surface area contributed by atoms with E-state index in [2.05, 4.69) is 19.2 Å². The lowest BCUT2D eigenvalue weighted by atomic mass is 10.1. The van der Waals surface area contributed by atoms with Gasteiger partial charge in [0.25, 0.3) is 0 Å². The minimum Gasteiger partial charge on any atom is -0.497 e. The predicted octanol–water partition coefficient (Wildman–Crippen LogP) is 2.75. The van der Waals surface area contributed by atoms with Gasteiger partial charge < -0.3 is 10.1 Å². The molecule has 1 aromatic carbocycles. The van der Waals surface area contributed by atoms with E-state index in [1.165, 1.54) is 0 Å². The van der Waals surface area contributed by atoms with Gasteiger partial charge in [-0.3, -0.25) is 4.21 Å². The van der Waals surface area contributed by atoms with Gasteiger partial charge in [-0.15, -0.1) is 0 Å². The van der Waals surface area contributed by atoms with Crippen LogP contribution in [-0.4, -0.2) is 29.9 Å². The van der Waals surface area contributed by atoms with Crippen molar-refractivity contribution in [1.82, 2.24) is 5.32 Å². The average molecular weight is 283 g/mol. The SMILES string of the molecule is CNC(CS(=O)CCC(C)C)c1ccc(OC)cc1. The van der Waals surface area contributed by atoms with Crippen LogP contribution in [0.5, 0.6) is 5.75 Å². The number of benzene rings is 1. The summed E-state index contributed by atoms with van der Waals surface area (Å²) in [5.41, 5.74) is 1.15. The largest absolute Gasteiger partial charge is 0.497 e. The van der Waals surface area contributed by atoms with Crippen molar-refractivity contribution in [2.75, 3.05) is 25.7 Å². The van der Waals surface area contributed by atoms with Crippen LogP contribution in [0.25, 0.3) is 0 Å². The number of hydrogen-bond acceptors (Lipinski definition) is 3. The van der Waals surface area contributed by atoms with Gasteiger partial charge in [0.1, 0.15) is 5.75 Å². The second-order valence-electron chi connectivity index (χ2n) is 5.11. The molecule has 0 heterocycles. The van der Waals surface area contributed by atoms with E-state index in [0.717, 1.165) is 23.5 Å². The van der Waals surface area contributed by atoms with Crippen LogP contribution in [0.4, 0.5) is 0 Å². The van der Waals surface area contributed by atoms with Crippen LogP contribution < -0.4 is 10.1 Å². The lowest BCUT2D eigenvalue weighted by molar-refractivity contribution is 0.414. The van der Waals surface area contributed by atoms with Crippen molar-refractivity contribution in [3.63, 3.8) is 0 Å². The Kier molecular flexibility index (Phi) is 7.10. The highest BCUT2D eigenvalue weighted by Gasteiger charge is 2.13. The van der Waals surface area contributed by atoms with E-state index in [-0.39, 0.29) is 6.04 Å². The summed E-state index contributed by atoms with van der Waals surface area (Å²) in [6, 6.07) is 8.08. The Balaban J connectivity index is 2.59. The zero-order valence-electron chi connectivity index (χ0n) is 12.3. The third-order valence-electron chi connectivity index (χ3n) is 3.14. The average Bonchev–Trinajstić information content (AvgIpc) is 2.42. The molecule has 0 fully saturated rings. The number of hydrogen-bond donors (Lipinski definition) is 1. The molecular formula is C15H25NO2S. The summed E-state index contributed by atoms with van der Waals surface area (Å²) < 4.78 is 17.2. The van der Waals surface area contributed by atoms with Gasteiger partial charge in [0, 0.05) is 28.3 Å². The minimum atomic E-state index is -0.772. The molecule has 0 aliphatic rings. The van der Waals surface area contributed by atoms with Crippen molar-refractivity contribution < 1.29 is 8.95 Å². The topological polar surface area (TPSA) is 38.3 Å². The van der Waals surface area contributed by atoms with Crippen molar-refractivity contribution in [2.24, 2.45) is 5.92 Å². The van der Waals surface area contributed by atoms with Crippen molar-refractivity contribution in [1.29, 1.82) is 0 Å². The summed E-state index contributed by atoms with van der Waals surface area (Å²) in [6.07, 6.45) is 1.02. The van der Waals surface area contributed by atoms with E-state index in [1.807, 2.05) is 31.3 Å². The standard InChI is InChI=1S/C15H25NO2S/c1-12(2)9-10-19(17)11-15(16-3)13-5-7-14(18-4)8-6-13/h5-8,12,15-16H,9-11H2,1-4H3. The molecule has 1 rings (SSSR count). The normalized spacial score (nSPS) is 14.4. The predicted molar refractivity (Wildman–Crippen MR) is 82.1 cm³/mol. The van der Waals surface area contributed by atoms with Crippen molar-refractivity contribution in [2.45, 2.75) is 26.3 Å². The van der Waals surface area contributed by atoms with E-state index in [1.54, 1.807) is 7.11 Å². The Hall–Kier alpha value is -0.870. The molecule has 0 saturated carbocycles. The highest BCUT2D eigenvalue weighted by Crippen LogP contribution is 2.18. The van der Waals surface area contributed by atoms with Crippen molar-refractivity contribution in [3.8, 4) is 5.75 Å². The van der Waals surface area contributed by atoms with E-state index in [4.69, 9.17) is 4.74 Å². The maximum atomic E-state index is 12.1. The van der Waals surface area contributed by atoms with Crippen LogP contribution in [0, 0.1) is 5.92 Å². The lowest BCUT2D eigenvalue weighted by Crippen LogP contribution is -2.23. The molecular weight excluding hydrogens is 258 g/mol. The number of nitrogens with one attached hydrogen (secondary N) is 1. The van der Waals surface area contributed by atoms with Gasteiger partial charge in [-0.25, -0.2) is 0 Å². The van der Waals surface area contributed by atoms with E-state index >= 15 is 0 Å². The first-order valence-electron chi connectivity index (χ1n) is 6.73. The molecule has 2 unspecified atom stereocenters. The molecule has 1 aromatic rings. The molecule has 0 aliphatic heterocycles. The first kappa shape index (κ1) is 16.2. The van der Waals surface area contributed by atoms with Crippen LogP contribution in [-0.2, 0) is 10.8 Å². The Morgan fingerprint density at radius 1 is 1.26 bits per heavy atom. The molecule has 0 amide bonds. The molecule has 0 radical (unpaired) electrons. The summed E-state index contributed by atoms with van der Waals surface area (Å²) in [4.78, 5) is 0. The molecule has 19 heavy (non-hydrogen) atoms. The van der Waals surface area contributed by atoms with Crippen LogP contribution in [0.1, 0.15) is 31.9 Å². The van der Waals surface area contributed by atoms with Gasteiger partial charge in [0.15, 0.2) is 0 Å². The van der Waals surface area contributed by atoms with Crippen LogP contribution >= 0.6 is 0 Å². The number of methoxy groups -OCH3 is 1. The molecule has 0 saturated heterocycles. The second-order valence-corrected chi connectivity index (χ2v) is 6.73. The molecule has 4 heteroatoms. The van der Waals surface area contributed by atoms with E-state index in [0.29, 0.717) is 11.7 Å². The van der Waals surface area contributed by atoms with Crippen LogP contribution in [0.3, 0.4) is 0 Å². The van der Waals surface area contributed by atoms with E-state index in [9.17, 15) is 4.21 Å². The highest BCUT2D eigenvalue weighted by molar-refractivity contribution is 7.85. The maximum absolute atomic E-state index is 12.1. The fourth-order valence-electron chi connectivity index (χ4n) is 1.82. The monoisotopic (exact) mass is 283 g/mol. The number of rotatable bonds is 8. The fourth-order valence-corrected chi connectivity index (χ4v) is 3.45. The zero-order valence-corrected chi connectivity index (χ0v) is 13.1. The van der Waals surface area contributed by atoms with E-state index < -0.39 is 10.8 Å². The van der Waals surface area contributed by atoms with Gasteiger partial charge in [-0.2, -0.15) is 0 Å². The third kappa shape index (κ3) is 5.74. The summed E-state index contributed by atoms with van der Waals surface area (Å²) >= 11 is 0. The Morgan fingerprint density at radius 3 is 2.37 bits per heavy atom. The number of ether oxygens (including phenoxy) is 1. The molecule has 108 valence electrons. The molecule has 2 atom stereocenters. The first-order valence-corrected chi connectivity index (χ1v) is 8.21. The minimum absolute atomic E-state index is 0.138. The molecule has 3 nitrogen and oxygen atoms in total. The molecule has 0 bridgehead atoms. The molecule has 1 N–H and O–H groups in total. The van der Waals surface area contributed by atoms with Gasteiger partial charge in [0.05, 0.1) is 7.11 Å². The second kappa shape index (κ2) is 8.33. The first-order chi connectivity index (χ1) is 9.06. The summed E-state index contributed by atoms with van der Waals surface area (Å²) in [6.45, 7) is 4.33. The summed E-state index contributed by atoms with van der Waals surface area (Å²) in [5, 5.41) is 3.24. The molecule has 0 aromatic heterocycles. The van der Waals surface area contributed by atoms with Gasteiger partial charge in [-0.05, 0) is 37.1 Å². The Labute approximate surface area is 119 Å². The maximum Gasteiger partial charge on any atom is 0.118 e. The van der Waals surface area contributed by atoms with Gasteiger partial charge in [-0.1, -0.05) is 26.0 Å². The quantitative estimate of drug-likeness (QED) is 0.797. The zero-order chi connectivity index (χ0) is 14.3. The Bertz CT molecular complexity index is 390. The van der Waals surface area contributed by atoms with Crippen LogP contribution in [0.15, 0.2) is 24.3 Å². The smallest absolute Gasteiger partial charge is 0.118 e. The summed E-state index contributed by atoms with van der Waals surface area (Å²) in [7, 11) is 2.80. The lowest BCUT2D eigenvalue weighted by Gasteiger charge is -2.17. The third-order valence-corrected chi connectivity index (χ3v) is 4.54. The highest BCUT2D eigenvalue weighted by atomic mass is 32.2. The van der Waals surface area contributed by atoms with Gasteiger partial charge in [0.2, 0.25) is 0 Å². The molecule has 0 aliphatic carbocycles. The van der Waals surface area contributed by atoms with Crippen molar-refractivity contribution in [3.05, 3.63) is 29.8 Å². The van der Waals surface area contributed by atoms with Crippen molar-refractivity contribution >= 4 is 10.8 Å². The fraction of sp³-hybridized carbons (Fsp3) is 0.600.